The summed E-state index contributed by atoms with van der Waals surface area (Å²) in [4.78, 5) is 12.2. The summed E-state index contributed by atoms with van der Waals surface area (Å²) >= 11 is 0. The molecule has 0 aromatic heterocycles. The molecule has 3 aromatic carbocycles. The average molecular weight is 290 g/mol. The molecule has 2 N–H and O–H groups in total. The molecule has 0 spiro atoms. The van der Waals surface area contributed by atoms with Crippen molar-refractivity contribution in [2.45, 2.75) is 0 Å². The van der Waals surface area contributed by atoms with Crippen LogP contribution in [0.25, 0.3) is 10.8 Å². The van der Waals surface area contributed by atoms with E-state index < -0.39 is 0 Å². The minimum atomic E-state index is -0.258. The molecular formula is C18H14N2O2. The number of rotatable bonds is 3. The number of phenolic OH excluding ortho intramolecular Hbond substituents is 1. The van der Waals surface area contributed by atoms with E-state index >= 15 is 0 Å². The Balaban J connectivity index is 1.77. The molecule has 4 heteroatoms. The van der Waals surface area contributed by atoms with Crippen molar-refractivity contribution < 1.29 is 9.90 Å². The SMILES string of the molecule is O=C(NN=Cc1ccc(O)cc1)c1cccc2ccccc12. The van der Waals surface area contributed by atoms with Gasteiger partial charge >= 0.3 is 0 Å². The topological polar surface area (TPSA) is 61.7 Å². The quantitative estimate of drug-likeness (QED) is 0.574. The number of phenols is 1. The van der Waals surface area contributed by atoms with Crippen LogP contribution in [-0.4, -0.2) is 17.2 Å². The first-order valence-electron chi connectivity index (χ1n) is 6.84. The van der Waals surface area contributed by atoms with Gasteiger partial charge in [0.1, 0.15) is 5.75 Å². The number of nitrogens with one attached hydrogen (secondary N) is 1. The molecule has 0 saturated heterocycles. The molecule has 1 amide bonds. The van der Waals surface area contributed by atoms with Crippen LogP contribution in [0.2, 0.25) is 0 Å². The number of carbonyl (C=O) groups is 1. The summed E-state index contributed by atoms with van der Waals surface area (Å²) < 4.78 is 0. The molecule has 0 aliphatic carbocycles. The third kappa shape index (κ3) is 2.96. The van der Waals surface area contributed by atoms with Crippen LogP contribution in [0.4, 0.5) is 0 Å². The van der Waals surface area contributed by atoms with E-state index in [1.54, 1.807) is 30.3 Å². The van der Waals surface area contributed by atoms with Crippen LogP contribution in [0.3, 0.4) is 0 Å². The second kappa shape index (κ2) is 6.10. The highest BCUT2D eigenvalue weighted by atomic mass is 16.3. The molecule has 0 aliphatic heterocycles. The van der Waals surface area contributed by atoms with Gasteiger partial charge in [-0.1, -0.05) is 36.4 Å². The van der Waals surface area contributed by atoms with Gasteiger partial charge in [-0.2, -0.15) is 5.10 Å². The van der Waals surface area contributed by atoms with Gasteiger partial charge in [-0.05, 0) is 46.7 Å². The summed E-state index contributed by atoms with van der Waals surface area (Å²) in [5, 5.41) is 15.1. The second-order valence-electron chi connectivity index (χ2n) is 4.82. The van der Waals surface area contributed by atoms with E-state index in [-0.39, 0.29) is 11.7 Å². The second-order valence-corrected chi connectivity index (χ2v) is 4.82. The molecule has 0 aliphatic rings. The van der Waals surface area contributed by atoms with E-state index in [9.17, 15) is 9.90 Å². The van der Waals surface area contributed by atoms with Crippen LogP contribution in [0.1, 0.15) is 15.9 Å². The smallest absolute Gasteiger partial charge is 0.271 e. The Morgan fingerprint density at radius 3 is 2.50 bits per heavy atom. The van der Waals surface area contributed by atoms with Crippen molar-refractivity contribution in [3.05, 3.63) is 77.9 Å². The summed E-state index contributed by atoms with van der Waals surface area (Å²) in [6, 6.07) is 19.8. The van der Waals surface area contributed by atoms with Crippen molar-refractivity contribution in [2.75, 3.05) is 0 Å². The maximum atomic E-state index is 12.2. The largest absolute Gasteiger partial charge is 0.508 e. The first kappa shape index (κ1) is 13.8. The molecule has 0 unspecified atom stereocenters. The molecule has 0 bridgehead atoms. The molecular weight excluding hydrogens is 276 g/mol. The highest BCUT2D eigenvalue weighted by molar-refractivity contribution is 6.07. The number of carbonyl (C=O) groups excluding carboxylic acids is 1. The lowest BCUT2D eigenvalue weighted by molar-refractivity contribution is 0.0957. The van der Waals surface area contributed by atoms with Crippen LogP contribution in [0, 0.1) is 0 Å². The summed E-state index contributed by atoms with van der Waals surface area (Å²) in [6.07, 6.45) is 1.53. The molecule has 0 saturated carbocycles. The summed E-state index contributed by atoms with van der Waals surface area (Å²) in [5.41, 5.74) is 3.89. The van der Waals surface area contributed by atoms with E-state index in [0.717, 1.165) is 16.3 Å². The Kier molecular flexibility index (Phi) is 3.83. The Hall–Kier alpha value is -3.14. The fourth-order valence-corrected chi connectivity index (χ4v) is 2.21. The zero-order chi connectivity index (χ0) is 15.4. The first-order chi connectivity index (χ1) is 10.7. The molecule has 3 rings (SSSR count). The number of fused-ring (bicyclic) bond motifs is 1. The van der Waals surface area contributed by atoms with Crippen LogP contribution >= 0.6 is 0 Å². The average Bonchev–Trinajstić information content (AvgIpc) is 2.56. The fraction of sp³-hybridized carbons (Fsp3) is 0. The normalized spacial score (nSPS) is 10.9. The molecule has 4 nitrogen and oxygen atoms in total. The molecule has 0 fully saturated rings. The lowest BCUT2D eigenvalue weighted by Gasteiger charge is -2.04. The monoisotopic (exact) mass is 290 g/mol. The van der Waals surface area contributed by atoms with Gasteiger partial charge in [-0.25, -0.2) is 5.43 Å². The van der Waals surface area contributed by atoms with Crippen molar-refractivity contribution >= 4 is 22.9 Å². The minimum absolute atomic E-state index is 0.192. The third-order valence-corrected chi connectivity index (χ3v) is 3.31. The third-order valence-electron chi connectivity index (χ3n) is 3.31. The number of amides is 1. The van der Waals surface area contributed by atoms with Crippen molar-refractivity contribution in [3.8, 4) is 5.75 Å². The van der Waals surface area contributed by atoms with E-state index in [1.807, 2.05) is 36.4 Å². The van der Waals surface area contributed by atoms with Crippen molar-refractivity contribution in [1.82, 2.24) is 5.43 Å². The number of benzene rings is 3. The van der Waals surface area contributed by atoms with Gasteiger partial charge < -0.3 is 5.11 Å². The Morgan fingerprint density at radius 2 is 1.68 bits per heavy atom. The molecule has 0 radical (unpaired) electrons. The maximum absolute atomic E-state index is 12.2. The Morgan fingerprint density at radius 1 is 0.955 bits per heavy atom. The molecule has 0 atom stereocenters. The zero-order valence-corrected chi connectivity index (χ0v) is 11.7. The van der Waals surface area contributed by atoms with Gasteiger partial charge in [0.2, 0.25) is 0 Å². The van der Waals surface area contributed by atoms with Gasteiger partial charge in [0.15, 0.2) is 0 Å². The van der Waals surface area contributed by atoms with Crippen molar-refractivity contribution in [2.24, 2.45) is 5.10 Å². The number of aromatic hydroxyl groups is 1. The highest BCUT2D eigenvalue weighted by Gasteiger charge is 2.08. The molecule has 3 aromatic rings. The summed E-state index contributed by atoms with van der Waals surface area (Å²) in [5.74, 6) is -0.0660. The lowest BCUT2D eigenvalue weighted by Crippen LogP contribution is -2.17. The summed E-state index contributed by atoms with van der Waals surface area (Å²) in [7, 11) is 0. The number of hydrogen-bond acceptors (Lipinski definition) is 3. The highest BCUT2D eigenvalue weighted by Crippen LogP contribution is 2.18. The van der Waals surface area contributed by atoms with Crippen molar-refractivity contribution in [1.29, 1.82) is 0 Å². The standard InChI is InChI=1S/C18H14N2O2/c21-15-10-8-13(9-11-15)12-19-20-18(22)17-7-3-5-14-4-1-2-6-16(14)17/h1-12,21H,(H,20,22). The van der Waals surface area contributed by atoms with Crippen molar-refractivity contribution in [3.63, 3.8) is 0 Å². The van der Waals surface area contributed by atoms with Gasteiger partial charge in [0, 0.05) is 5.56 Å². The fourth-order valence-electron chi connectivity index (χ4n) is 2.21. The molecule has 22 heavy (non-hydrogen) atoms. The minimum Gasteiger partial charge on any atom is -0.508 e. The number of hydrogen-bond donors (Lipinski definition) is 2. The Labute approximate surface area is 127 Å². The zero-order valence-electron chi connectivity index (χ0n) is 11.7. The summed E-state index contributed by atoms with van der Waals surface area (Å²) in [6.45, 7) is 0. The number of hydrazone groups is 1. The number of nitrogens with zero attached hydrogens (tertiary/aromatic N) is 1. The Bertz CT molecular complexity index is 834. The first-order valence-corrected chi connectivity index (χ1v) is 6.84. The van der Waals surface area contributed by atoms with Gasteiger partial charge in [-0.15, -0.1) is 0 Å². The van der Waals surface area contributed by atoms with E-state index in [4.69, 9.17) is 0 Å². The van der Waals surface area contributed by atoms with Crippen LogP contribution in [0.5, 0.6) is 5.75 Å². The molecule has 108 valence electrons. The predicted octanol–water partition coefficient (Wildman–Crippen LogP) is 3.31. The predicted molar refractivity (Wildman–Crippen MR) is 87.1 cm³/mol. The van der Waals surface area contributed by atoms with Gasteiger partial charge in [-0.3, -0.25) is 4.79 Å². The van der Waals surface area contributed by atoms with Gasteiger partial charge in [0.25, 0.3) is 5.91 Å². The van der Waals surface area contributed by atoms with Crippen LogP contribution < -0.4 is 5.43 Å². The van der Waals surface area contributed by atoms with E-state index in [1.165, 1.54) is 6.21 Å². The van der Waals surface area contributed by atoms with E-state index in [0.29, 0.717) is 5.56 Å². The van der Waals surface area contributed by atoms with Crippen LogP contribution in [0.15, 0.2) is 71.8 Å². The van der Waals surface area contributed by atoms with E-state index in [2.05, 4.69) is 10.5 Å². The van der Waals surface area contributed by atoms with Crippen LogP contribution in [-0.2, 0) is 0 Å². The maximum Gasteiger partial charge on any atom is 0.271 e. The van der Waals surface area contributed by atoms with Gasteiger partial charge in [0.05, 0.1) is 6.21 Å². The lowest BCUT2D eigenvalue weighted by atomic mass is 10.0. The molecule has 0 heterocycles.